The van der Waals surface area contributed by atoms with Crippen molar-refractivity contribution in [2.75, 3.05) is 19.8 Å². The van der Waals surface area contributed by atoms with E-state index < -0.39 is 0 Å². The fraction of sp³-hybridized carbons (Fsp3) is 0.450. The normalized spacial score (nSPS) is 23.1. The summed E-state index contributed by atoms with van der Waals surface area (Å²) in [7, 11) is 0. The van der Waals surface area contributed by atoms with Gasteiger partial charge in [-0.25, -0.2) is 0 Å². The van der Waals surface area contributed by atoms with E-state index in [1.807, 2.05) is 29.2 Å². The minimum Gasteiger partial charge on any atom is -0.491 e. The lowest BCUT2D eigenvalue weighted by Gasteiger charge is -2.24. The van der Waals surface area contributed by atoms with E-state index in [1.54, 1.807) is 11.3 Å². The van der Waals surface area contributed by atoms with Crippen LogP contribution in [0.4, 0.5) is 0 Å². The fourth-order valence-electron chi connectivity index (χ4n) is 3.61. The summed E-state index contributed by atoms with van der Waals surface area (Å²) in [5.41, 5.74) is 0.730. The average Bonchev–Trinajstić information content (AvgIpc) is 3.41. The van der Waals surface area contributed by atoms with Gasteiger partial charge in [0.15, 0.2) is 0 Å². The summed E-state index contributed by atoms with van der Waals surface area (Å²) in [6.07, 6.45) is 4.50. The number of likely N-dealkylation sites (tertiary alicyclic amines) is 1. The molecule has 1 aromatic heterocycles. The van der Waals surface area contributed by atoms with Crippen molar-refractivity contribution in [2.45, 2.75) is 37.8 Å². The lowest BCUT2D eigenvalue weighted by atomic mass is 10.1. The topological polar surface area (TPSA) is 38.8 Å². The van der Waals surface area contributed by atoms with E-state index >= 15 is 0 Å². The molecule has 0 N–H and O–H groups in total. The van der Waals surface area contributed by atoms with Gasteiger partial charge in [0.25, 0.3) is 5.91 Å². The highest BCUT2D eigenvalue weighted by Gasteiger charge is 2.31. The molecule has 2 atom stereocenters. The Morgan fingerprint density at radius 3 is 2.80 bits per heavy atom. The molecular weight excluding hydrogens is 334 g/mol. The smallest absolute Gasteiger partial charge is 0.254 e. The van der Waals surface area contributed by atoms with Crippen molar-refractivity contribution in [3.63, 3.8) is 0 Å². The third-order valence-corrected chi connectivity index (χ3v) is 5.92. The minimum atomic E-state index is 0.113. The van der Waals surface area contributed by atoms with Crippen LogP contribution in [0.3, 0.4) is 0 Å². The fourth-order valence-corrected chi connectivity index (χ4v) is 4.48. The van der Waals surface area contributed by atoms with Crippen molar-refractivity contribution in [1.29, 1.82) is 0 Å². The number of benzene rings is 1. The quantitative estimate of drug-likeness (QED) is 0.801. The number of thiophene rings is 1. The standard InChI is InChI=1S/C20H23NO3S/c22-20(21-11-1-5-18(21)19-6-3-13-25-19)15-7-9-16(10-8-15)24-14-17-4-2-12-23-17/h3,6-10,13,17-18H,1-2,4-5,11-12,14H2/t17-,18+/m0/s1. The van der Waals surface area contributed by atoms with Gasteiger partial charge in [0.1, 0.15) is 12.4 Å². The maximum atomic E-state index is 12.9. The second-order valence-electron chi connectivity index (χ2n) is 6.64. The molecule has 3 heterocycles. The van der Waals surface area contributed by atoms with E-state index in [-0.39, 0.29) is 18.1 Å². The van der Waals surface area contributed by atoms with Gasteiger partial charge in [0.05, 0.1) is 12.1 Å². The number of amides is 1. The van der Waals surface area contributed by atoms with Crippen molar-refractivity contribution in [1.82, 2.24) is 4.90 Å². The molecular formula is C20H23NO3S. The van der Waals surface area contributed by atoms with Gasteiger partial charge in [0.2, 0.25) is 0 Å². The van der Waals surface area contributed by atoms with Crippen LogP contribution in [0, 0.1) is 0 Å². The molecule has 0 spiro atoms. The molecule has 0 unspecified atom stereocenters. The van der Waals surface area contributed by atoms with Gasteiger partial charge < -0.3 is 14.4 Å². The van der Waals surface area contributed by atoms with Crippen LogP contribution in [0.5, 0.6) is 5.75 Å². The van der Waals surface area contributed by atoms with E-state index in [2.05, 4.69) is 17.5 Å². The first-order valence-electron chi connectivity index (χ1n) is 9.00. The second kappa shape index (κ2) is 7.58. The van der Waals surface area contributed by atoms with Crippen molar-refractivity contribution in [3.05, 3.63) is 52.2 Å². The third-order valence-electron chi connectivity index (χ3n) is 4.95. The minimum absolute atomic E-state index is 0.113. The maximum Gasteiger partial charge on any atom is 0.254 e. The Morgan fingerprint density at radius 2 is 2.08 bits per heavy atom. The molecule has 1 amide bonds. The molecule has 4 nitrogen and oxygen atoms in total. The molecule has 5 heteroatoms. The molecule has 0 aliphatic carbocycles. The number of ether oxygens (including phenoxy) is 2. The summed E-state index contributed by atoms with van der Waals surface area (Å²) in [4.78, 5) is 16.2. The van der Waals surface area contributed by atoms with E-state index in [0.29, 0.717) is 6.61 Å². The average molecular weight is 357 g/mol. The molecule has 0 radical (unpaired) electrons. The monoisotopic (exact) mass is 357 g/mol. The predicted octanol–water partition coefficient (Wildman–Crippen LogP) is 4.28. The lowest BCUT2D eigenvalue weighted by Crippen LogP contribution is -2.30. The lowest BCUT2D eigenvalue weighted by molar-refractivity contribution is 0.0678. The Hall–Kier alpha value is -1.85. The molecule has 4 rings (SSSR count). The second-order valence-corrected chi connectivity index (χ2v) is 7.62. The number of nitrogens with zero attached hydrogens (tertiary/aromatic N) is 1. The van der Waals surface area contributed by atoms with E-state index in [1.165, 1.54) is 4.88 Å². The molecule has 2 saturated heterocycles. The summed E-state index contributed by atoms with van der Waals surface area (Å²) in [6, 6.07) is 11.9. The molecule has 2 aliphatic rings. The first kappa shape index (κ1) is 16.6. The van der Waals surface area contributed by atoms with Crippen LogP contribution in [0.15, 0.2) is 41.8 Å². The number of carbonyl (C=O) groups is 1. The Bertz CT molecular complexity index is 692. The Balaban J connectivity index is 1.39. The number of carbonyl (C=O) groups excluding carboxylic acids is 1. The molecule has 2 aliphatic heterocycles. The predicted molar refractivity (Wildman–Crippen MR) is 98.2 cm³/mol. The highest BCUT2D eigenvalue weighted by Crippen LogP contribution is 2.35. The van der Waals surface area contributed by atoms with Gasteiger partial charge >= 0.3 is 0 Å². The number of hydrogen-bond donors (Lipinski definition) is 0. The summed E-state index contributed by atoms with van der Waals surface area (Å²) >= 11 is 1.73. The molecule has 0 bridgehead atoms. The highest BCUT2D eigenvalue weighted by molar-refractivity contribution is 7.10. The zero-order valence-electron chi connectivity index (χ0n) is 14.2. The van der Waals surface area contributed by atoms with Crippen LogP contribution in [-0.2, 0) is 4.74 Å². The van der Waals surface area contributed by atoms with Crippen LogP contribution in [0.2, 0.25) is 0 Å². The Kier molecular flexibility index (Phi) is 5.04. The van der Waals surface area contributed by atoms with Crippen molar-refractivity contribution in [3.8, 4) is 5.75 Å². The molecule has 0 saturated carbocycles. The summed E-state index contributed by atoms with van der Waals surface area (Å²) < 4.78 is 11.3. The van der Waals surface area contributed by atoms with Crippen molar-refractivity contribution in [2.24, 2.45) is 0 Å². The van der Waals surface area contributed by atoms with Gasteiger partial charge in [-0.3, -0.25) is 4.79 Å². The van der Waals surface area contributed by atoms with Crippen molar-refractivity contribution >= 4 is 17.2 Å². The summed E-state index contributed by atoms with van der Waals surface area (Å²) in [5, 5.41) is 2.08. The third kappa shape index (κ3) is 3.72. The van der Waals surface area contributed by atoms with Gasteiger partial charge in [-0.2, -0.15) is 0 Å². The highest BCUT2D eigenvalue weighted by atomic mass is 32.1. The molecule has 25 heavy (non-hydrogen) atoms. The van der Waals surface area contributed by atoms with Crippen LogP contribution < -0.4 is 4.74 Å². The Labute approximate surface area is 152 Å². The first-order valence-corrected chi connectivity index (χ1v) is 9.88. The SMILES string of the molecule is O=C(c1ccc(OC[C@@H]2CCCO2)cc1)N1CCC[C@@H]1c1cccs1. The summed E-state index contributed by atoms with van der Waals surface area (Å²) in [5.74, 6) is 0.907. The van der Waals surface area contributed by atoms with Gasteiger partial charge in [-0.15, -0.1) is 11.3 Å². The zero-order chi connectivity index (χ0) is 17.1. The molecule has 2 aromatic rings. The first-order chi connectivity index (χ1) is 12.3. The van der Waals surface area contributed by atoms with Gasteiger partial charge in [-0.05, 0) is 61.4 Å². The zero-order valence-corrected chi connectivity index (χ0v) is 15.0. The largest absolute Gasteiger partial charge is 0.491 e. The van der Waals surface area contributed by atoms with Crippen LogP contribution in [0.25, 0.3) is 0 Å². The van der Waals surface area contributed by atoms with Gasteiger partial charge in [-0.1, -0.05) is 6.07 Å². The summed E-state index contributed by atoms with van der Waals surface area (Å²) in [6.45, 7) is 2.25. The van der Waals surface area contributed by atoms with E-state index in [4.69, 9.17) is 9.47 Å². The van der Waals surface area contributed by atoms with Crippen LogP contribution >= 0.6 is 11.3 Å². The Morgan fingerprint density at radius 1 is 1.20 bits per heavy atom. The van der Waals surface area contributed by atoms with Crippen LogP contribution in [0.1, 0.15) is 47.0 Å². The number of hydrogen-bond acceptors (Lipinski definition) is 4. The molecule has 132 valence electrons. The number of rotatable bonds is 5. The van der Waals surface area contributed by atoms with Gasteiger partial charge in [0, 0.05) is 23.6 Å². The van der Waals surface area contributed by atoms with Crippen molar-refractivity contribution < 1.29 is 14.3 Å². The maximum absolute atomic E-state index is 12.9. The van der Waals surface area contributed by atoms with Crippen LogP contribution in [-0.4, -0.2) is 36.7 Å². The molecule has 2 fully saturated rings. The molecule has 1 aromatic carbocycles. The van der Waals surface area contributed by atoms with E-state index in [0.717, 1.165) is 50.1 Å². The van der Waals surface area contributed by atoms with E-state index in [9.17, 15) is 4.79 Å².